The molecule has 0 aromatic rings. The van der Waals surface area contributed by atoms with E-state index in [0.717, 1.165) is 50.9 Å². The minimum Gasteiger partial charge on any atom is -0.388 e. The van der Waals surface area contributed by atoms with Crippen LogP contribution in [0.3, 0.4) is 0 Å². The van der Waals surface area contributed by atoms with Crippen LogP contribution in [0, 0.1) is 11.8 Å². The highest BCUT2D eigenvalue weighted by Gasteiger charge is 2.36. The van der Waals surface area contributed by atoms with Gasteiger partial charge in [0.25, 0.3) is 0 Å². The highest BCUT2D eigenvalue weighted by Crippen LogP contribution is 2.38. The van der Waals surface area contributed by atoms with Crippen LogP contribution in [0.1, 0.15) is 26.2 Å². The summed E-state index contributed by atoms with van der Waals surface area (Å²) in [4.78, 5) is 2.32. The Labute approximate surface area is 92.8 Å². The molecule has 0 aromatic heterocycles. The highest BCUT2D eigenvalue weighted by molar-refractivity contribution is 4.89. The molecule has 0 bridgehead atoms. The second kappa shape index (κ2) is 4.40. The summed E-state index contributed by atoms with van der Waals surface area (Å²) >= 11 is 0. The molecule has 3 nitrogen and oxygen atoms in total. The van der Waals surface area contributed by atoms with Crippen LogP contribution in [0.25, 0.3) is 0 Å². The Morgan fingerprint density at radius 3 is 2.53 bits per heavy atom. The molecule has 15 heavy (non-hydrogen) atoms. The molecule has 0 aromatic carbocycles. The molecule has 2 unspecified atom stereocenters. The van der Waals surface area contributed by atoms with E-state index in [-0.39, 0.29) is 0 Å². The lowest BCUT2D eigenvalue weighted by molar-refractivity contribution is -0.0162. The number of hydrogen-bond donors (Lipinski definition) is 2. The smallest absolute Gasteiger partial charge is 0.0798 e. The van der Waals surface area contributed by atoms with E-state index in [1.807, 2.05) is 0 Å². The summed E-state index contributed by atoms with van der Waals surface area (Å²) in [6.07, 6.45) is 3.18. The quantitative estimate of drug-likeness (QED) is 0.719. The van der Waals surface area contributed by atoms with Crippen molar-refractivity contribution >= 4 is 0 Å². The van der Waals surface area contributed by atoms with E-state index >= 15 is 0 Å². The van der Waals surface area contributed by atoms with Gasteiger partial charge in [-0.05, 0) is 51.2 Å². The lowest BCUT2D eigenvalue weighted by Gasteiger charge is -2.36. The molecule has 1 aliphatic heterocycles. The summed E-state index contributed by atoms with van der Waals surface area (Å²) in [6, 6.07) is 0. The van der Waals surface area contributed by atoms with Crippen molar-refractivity contribution in [1.29, 1.82) is 0 Å². The Hall–Kier alpha value is -0.120. The molecule has 3 heteroatoms. The fraction of sp³-hybridized carbons (Fsp3) is 1.00. The molecule has 1 saturated heterocycles. The number of nitrogens with one attached hydrogen (secondary N) is 1. The molecule has 2 N–H and O–H groups in total. The van der Waals surface area contributed by atoms with Gasteiger partial charge in [-0.25, -0.2) is 0 Å². The Morgan fingerprint density at radius 1 is 1.40 bits per heavy atom. The van der Waals surface area contributed by atoms with Crippen LogP contribution in [0.15, 0.2) is 0 Å². The number of rotatable bonds is 4. The standard InChI is InChI=1S/C12H24N2O/c1-10-7-11(10)8-14(2)9-12(15)3-5-13-6-4-12/h10-11,13,15H,3-9H2,1-2H3. The van der Waals surface area contributed by atoms with Crippen LogP contribution < -0.4 is 5.32 Å². The minimum absolute atomic E-state index is 0.432. The topological polar surface area (TPSA) is 35.5 Å². The summed E-state index contributed by atoms with van der Waals surface area (Å²) in [5, 5.41) is 13.7. The molecule has 1 saturated carbocycles. The zero-order valence-electron chi connectivity index (χ0n) is 10.00. The fourth-order valence-electron chi connectivity index (χ4n) is 2.67. The van der Waals surface area contributed by atoms with Gasteiger partial charge in [0.2, 0.25) is 0 Å². The largest absolute Gasteiger partial charge is 0.388 e. The molecular formula is C12H24N2O. The third-order valence-corrected chi connectivity index (χ3v) is 3.92. The predicted molar refractivity (Wildman–Crippen MR) is 61.8 cm³/mol. The van der Waals surface area contributed by atoms with Gasteiger partial charge in [0.15, 0.2) is 0 Å². The number of hydrogen-bond acceptors (Lipinski definition) is 3. The van der Waals surface area contributed by atoms with Gasteiger partial charge in [-0.15, -0.1) is 0 Å². The summed E-state index contributed by atoms with van der Waals surface area (Å²) < 4.78 is 0. The van der Waals surface area contributed by atoms with Crippen molar-refractivity contribution in [3.8, 4) is 0 Å². The second-order valence-electron chi connectivity index (χ2n) is 5.64. The van der Waals surface area contributed by atoms with Gasteiger partial charge in [-0.3, -0.25) is 0 Å². The first-order chi connectivity index (χ1) is 7.09. The van der Waals surface area contributed by atoms with E-state index in [1.165, 1.54) is 6.42 Å². The third kappa shape index (κ3) is 3.16. The van der Waals surface area contributed by atoms with Gasteiger partial charge in [0.05, 0.1) is 5.60 Å². The molecule has 0 radical (unpaired) electrons. The molecule has 2 aliphatic rings. The van der Waals surface area contributed by atoms with Crippen molar-refractivity contribution in [3.05, 3.63) is 0 Å². The summed E-state index contributed by atoms with van der Waals surface area (Å²) in [7, 11) is 2.14. The normalized spacial score (nSPS) is 34.4. The van der Waals surface area contributed by atoms with Gasteiger partial charge < -0.3 is 15.3 Å². The monoisotopic (exact) mass is 212 g/mol. The Balaban J connectivity index is 1.74. The predicted octanol–water partition coefficient (Wildman–Crippen LogP) is 0.689. The maximum absolute atomic E-state index is 10.4. The average molecular weight is 212 g/mol. The molecule has 2 atom stereocenters. The van der Waals surface area contributed by atoms with Crippen LogP contribution in [0.5, 0.6) is 0 Å². The van der Waals surface area contributed by atoms with Crippen molar-refractivity contribution in [1.82, 2.24) is 10.2 Å². The Morgan fingerprint density at radius 2 is 2.00 bits per heavy atom. The Kier molecular flexibility index (Phi) is 3.33. The van der Waals surface area contributed by atoms with Crippen LogP contribution in [-0.4, -0.2) is 48.8 Å². The fourth-order valence-corrected chi connectivity index (χ4v) is 2.67. The van der Waals surface area contributed by atoms with Crippen molar-refractivity contribution in [3.63, 3.8) is 0 Å². The Bertz CT molecular complexity index is 214. The summed E-state index contributed by atoms with van der Waals surface area (Å²) in [5.41, 5.74) is -0.432. The minimum atomic E-state index is -0.432. The molecule has 0 amide bonds. The average Bonchev–Trinajstić information content (AvgIpc) is 2.81. The van der Waals surface area contributed by atoms with E-state index in [1.54, 1.807) is 0 Å². The summed E-state index contributed by atoms with van der Waals surface area (Å²) in [5.74, 6) is 1.80. The highest BCUT2D eigenvalue weighted by atomic mass is 16.3. The SMILES string of the molecule is CC1CC1CN(C)CC1(O)CCNCC1. The molecule has 88 valence electrons. The molecule has 1 heterocycles. The molecular weight excluding hydrogens is 188 g/mol. The van der Waals surface area contributed by atoms with Crippen molar-refractivity contribution < 1.29 is 5.11 Å². The number of piperidine rings is 1. The van der Waals surface area contributed by atoms with E-state index in [0.29, 0.717) is 0 Å². The van der Waals surface area contributed by atoms with E-state index in [4.69, 9.17) is 0 Å². The van der Waals surface area contributed by atoms with Gasteiger partial charge in [0, 0.05) is 13.1 Å². The van der Waals surface area contributed by atoms with E-state index in [9.17, 15) is 5.11 Å². The van der Waals surface area contributed by atoms with Gasteiger partial charge in [-0.1, -0.05) is 6.92 Å². The van der Waals surface area contributed by atoms with Crippen LogP contribution >= 0.6 is 0 Å². The van der Waals surface area contributed by atoms with E-state index in [2.05, 4.69) is 24.2 Å². The molecule has 0 spiro atoms. The lowest BCUT2D eigenvalue weighted by atomic mass is 9.92. The van der Waals surface area contributed by atoms with Gasteiger partial charge >= 0.3 is 0 Å². The first-order valence-electron chi connectivity index (χ1n) is 6.21. The lowest BCUT2D eigenvalue weighted by Crippen LogP contribution is -2.49. The maximum atomic E-state index is 10.4. The van der Waals surface area contributed by atoms with Crippen LogP contribution in [0.2, 0.25) is 0 Å². The molecule has 2 rings (SSSR count). The molecule has 1 aliphatic carbocycles. The van der Waals surface area contributed by atoms with Crippen molar-refractivity contribution in [2.45, 2.75) is 31.8 Å². The maximum Gasteiger partial charge on any atom is 0.0798 e. The second-order valence-corrected chi connectivity index (χ2v) is 5.64. The number of nitrogens with zero attached hydrogens (tertiary/aromatic N) is 1. The number of aliphatic hydroxyl groups is 1. The third-order valence-electron chi connectivity index (χ3n) is 3.92. The van der Waals surface area contributed by atoms with E-state index < -0.39 is 5.60 Å². The van der Waals surface area contributed by atoms with Gasteiger partial charge in [-0.2, -0.15) is 0 Å². The number of likely N-dealkylation sites (N-methyl/N-ethyl adjacent to an activating group) is 1. The zero-order valence-corrected chi connectivity index (χ0v) is 10.00. The van der Waals surface area contributed by atoms with Crippen molar-refractivity contribution in [2.75, 3.05) is 33.2 Å². The van der Waals surface area contributed by atoms with Crippen LogP contribution in [0.4, 0.5) is 0 Å². The molecule has 2 fully saturated rings. The summed E-state index contributed by atoms with van der Waals surface area (Å²) in [6.45, 7) is 6.25. The van der Waals surface area contributed by atoms with Gasteiger partial charge in [0.1, 0.15) is 0 Å². The zero-order chi connectivity index (χ0) is 10.9. The van der Waals surface area contributed by atoms with Crippen LogP contribution in [-0.2, 0) is 0 Å². The first kappa shape index (κ1) is 11.4. The van der Waals surface area contributed by atoms with Crippen molar-refractivity contribution in [2.24, 2.45) is 11.8 Å². The first-order valence-corrected chi connectivity index (χ1v) is 6.21.